The van der Waals surface area contributed by atoms with Gasteiger partial charge in [-0.25, -0.2) is 4.98 Å². The number of hydrogen-bond acceptors (Lipinski definition) is 4. The van der Waals surface area contributed by atoms with Crippen molar-refractivity contribution in [2.24, 2.45) is 0 Å². The van der Waals surface area contributed by atoms with E-state index < -0.39 is 4.92 Å². The summed E-state index contributed by atoms with van der Waals surface area (Å²) in [5.74, 6) is 0. The molecule has 1 aromatic carbocycles. The number of nitro benzene ring substituents is 1. The van der Waals surface area contributed by atoms with E-state index in [1.54, 1.807) is 24.4 Å². The van der Waals surface area contributed by atoms with E-state index in [0.29, 0.717) is 16.4 Å². The van der Waals surface area contributed by atoms with Crippen LogP contribution in [-0.2, 0) is 0 Å². The quantitative estimate of drug-likeness (QED) is 0.464. The van der Waals surface area contributed by atoms with Crippen LogP contribution in [0.25, 0.3) is 11.3 Å². The molecule has 0 saturated carbocycles. The number of benzene rings is 1. The molecule has 1 heterocycles. The number of nitro groups is 1. The first-order valence-electron chi connectivity index (χ1n) is 4.16. The van der Waals surface area contributed by atoms with Crippen LogP contribution in [0.5, 0.6) is 0 Å². The summed E-state index contributed by atoms with van der Waals surface area (Å²) in [4.78, 5) is 17.1. The molecule has 0 amide bonds. The van der Waals surface area contributed by atoms with Crippen LogP contribution in [0.1, 0.15) is 0 Å². The molecule has 0 unspecified atom stereocenters. The van der Waals surface area contributed by atoms with Gasteiger partial charge in [0.2, 0.25) is 0 Å². The summed E-state index contributed by atoms with van der Waals surface area (Å²) >= 11 is 4.00. The highest BCUT2D eigenvalue weighted by atomic mass is 32.1. The van der Waals surface area contributed by atoms with E-state index in [1.165, 1.54) is 6.07 Å². The van der Waals surface area contributed by atoms with Gasteiger partial charge in [-0.3, -0.25) is 10.1 Å². The highest BCUT2D eigenvalue weighted by molar-refractivity contribution is 7.80. The third-order valence-corrected chi connectivity index (χ3v) is 2.17. The van der Waals surface area contributed by atoms with E-state index in [9.17, 15) is 10.1 Å². The summed E-state index contributed by atoms with van der Waals surface area (Å²) in [5.41, 5.74) is 1.05. The van der Waals surface area contributed by atoms with E-state index in [4.69, 9.17) is 0 Å². The van der Waals surface area contributed by atoms with Crippen molar-refractivity contribution in [3.05, 3.63) is 40.6 Å². The first-order chi connectivity index (χ1) is 7.18. The predicted molar refractivity (Wildman–Crippen MR) is 57.9 cm³/mol. The van der Waals surface area contributed by atoms with Gasteiger partial charge in [-0.05, 0) is 6.07 Å². The molecular formula is C9H7N3O2S. The SMILES string of the molecule is O=[N+]([O-])c1ccccc1-c1c[nH]c(S)n1. The van der Waals surface area contributed by atoms with Crippen molar-refractivity contribution >= 4 is 18.3 Å². The number of aromatic amines is 1. The van der Waals surface area contributed by atoms with Crippen LogP contribution in [0.3, 0.4) is 0 Å². The second-order valence-corrected chi connectivity index (χ2v) is 3.31. The van der Waals surface area contributed by atoms with E-state index >= 15 is 0 Å². The number of H-pyrrole nitrogens is 1. The van der Waals surface area contributed by atoms with Crippen molar-refractivity contribution in [3.8, 4) is 11.3 Å². The molecule has 0 aliphatic carbocycles. The fourth-order valence-electron chi connectivity index (χ4n) is 1.30. The first kappa shape index (κ1) is 9.72. The monoisotopic (exact) mass is 221 g/mol. The number of aromatic nitrogens is 2. The Morgan fingerprint density at radius 3 is 2.73 bits per heavy atom. The van der Waals surface area contributed by atoms with Gasteiger partial charge in [0.15, 0.2) is 5.16 Å². The Hall–Kier alpha value is -1.82. The zero-order valence-electron chi connectivity index (χ0n) is 7.54. The lowest BCUT2D eigenvalue weighted by Gasteiger charge is -1.97. The molecule has 76 valence electrons. The summed E-state index contributed by atoms with van der Waals surface area (Å²) in [7, 11) is 0. The molecule has 0 atom stereocenters. The highest BCUT2D eigenvalue weighted by Gasteiger charge is 2.15. The molecule has 0 aliphatic rings. The molecule has 0 saturated heterocycles. The van der Waals surface area contributed by atoms with Gasteiger partial charge in [-0.2, -0.15) is 0 Å². The number of rotatable bonds is 2. The number of imidazole rings is 1. The van der Waals surface area contributed by atoms with E-state index in [2.05, 4.69) is 22.6 Å². The van der Waals surface area contributed by atoms with Gasteiger partial charge in [-0.15, -0.1) is 12.6 Å². The van der Waals surface area contributed by atoms with Crippen LogP contribution >= 0.6 is 12.6 Å². The lowest BCUT2D eigenvalue weighted by atomic mass is 10.1. The minimum Gasteiger partial charge on any atom is -0.339 e. The van der Waals surface area contributed by atoms with Gasteiger partial charge in [-0.1, -0.05) is 12.1 Å². The normalized spacial score (nSPS) is 10.2. The summed E-state index contributed by atoms with van der Waals surface area (Å²) in [6, 6.07) is 6.45. The van der Waals surface area contributed by atoms with Crippen LogP contribution < -0.4 is 0 Å². The van der Waals surface area contributed by atoms with Gasteiger partial charge in [0.25, 0.3) is 5.69 Å². The number of thiol groups is 1. The summed E-state index contributed by atoms with van der Waals surface area (Å²) in [6.07, 6.45) is 1.59. The lowest BCUT2D eigenvalue weighted by Crippen LogP contribution is -1.91. The molecule has 2 aromatic rings. The largest absolute Gasteiger partial charge is 0.339 e. The van der Waals surface area contributed by atoms with Crippen LogP contribution in [0.15, 0.2) is 35.6 Å². The smallest absolute Gasteiger partial charge is 0.278 e. The van der Waals surface area contributed by atoms with Gasteiger partial charge in [0.1, 0.15) is 0 Å². The Morgan fingerprint density at radius 2 is 2.13 bits per heavy atom. The predicted octanol–water partition coefficient (Wildman–Crippen LogP) is 2.27. The van der Waals surface area contributed by atoms with Crippen molar-refractivity contribution in [1.29, 1.82) is 0 Å². The number of nitrogens with zero attached hydrogens (tertiary/aromatic N) is 2. The summed E-state index contributed by atoms with van der Waals surface area (Å²) in [6.45, 7) is 0. The number of para-hydroxylation sites is 1. The fraction of sp³-hybridized carbons (Fsp3) is 0. The van der Waals surface area contributed by atoms with E-state index in [1.807, 2.05) is 0 Å². The van der Waals surface area contributed by atoms with E-state index in [0.717, 1.165) is 0 Å². The standard InChI is InChI=1S/C9H7N3O2S/c13-12(14)8-4-2-1-3-6(8)7-5-10-9(15)11-7/h1-5H,(H2,10,11,15). The van der Waals surface area contributed by atoms with Crippen LogP contribution in [0.2, 0.25) is 0 Å². The summed E-state index contributed by atoms with van der Waals surface area (Å²) in [5, 5.41) is 11.2. The third kappa shape index (κ3) is 1.84. The van der Waals surface area contributed by atoms with Gasteiger partial charge >= 0.3 is 0 Å². The fourth-order valence-corrected chi connectivity index (χ4v) is 1.47. The number of hydrogen-bond donors (Lipinski definition) is 2. The average molecular weight is 221 g/mol. The molecule has 1 N–H and O–H groups in total. The molecule has 0 spiro atoms. The van der Waals surface area contributed by atoms with Crippen LogP contribution in [0.4, 0.5) is 5.69 Å². The topological polar surface area (TPSA) is 71.8 Å². The Morgan fingerprint density at radius 1 is 1.40 bits per heavy atom. The van der Waals surface area contributed by atoms with Crippen molar-refractivity contribution in [2.45, 2.75) is 5.16 Å². The van der Waals surface area contributed by atoms with Crippen LogP contribution in [-0.4, -0.2) is 14.9 Å². The third-order valence-electron chi connectivity index (χ3n) is 1.94. The minimum absolute atomic E-state index is 0.0392. The number of nitrogens with one attached hydrogen (secondary N) is 1. The van der Waals surface area contributed by atoms with Gasteiger partial charge < -0.3 is 4.98 Å². The molecule has 6 heteroatoms. The Balaban J connectivity index is 2.57. The molecule has 1 aromatic heterocycles. The van der Waals surface area contributed by atoms with Crippen molar-refractivity contribution < 1.29 is 4.92 Å². The first-order valence-corrected chi connectivity index (χ1v) is 4.61. The van der Waals surface area contributed by atoms with Gasteiger partial charge in [0, 0.05) is 12.3 Å². The molecule has 5 nitrogen and oxygen atoms in total. The minimum atomic E-state index is -0.428. The Labute approximate surface area is 90.7 Å². The molecule has 0 aliphatic heterocycles. The molecule has 0 radical (unpaired) electrons. The maximum Gasteiger partial charge on any atom is 0.278 e. The van der Waals surface area contributed by atoms with Gasteiger partial charge in [0.05, 0.1) is 16.2 Å². The zero-order chi connectivity index (χ0) is 10.8. The summed E-state index contributed by atoms with van der Waals surface area (Å²) < 4.78 is 0. The van der Waals surface area contributed by atoms with Crippen LogP contribution in [0, 0.1) is 10.1 Å². The van der Waals surface area contributed by atoms with E-state index in [-0.39, 0.29) is 5.69 Å². The zero-order valence-corrected chi connectivity index (χ0v) is 8.44. The highest BCUT2D eigenvalue weighted by Crippen LogP contribution is 2.28. The van der Waals surface area contributed by atoms with Crippen molar-refractivity contribution in [1.82, 2.24) is 9.97 Å². The van der Waals surface area contributed by atoms with Crippen molar-refractivity contribution in [2.75, 3.05) is 0 Å². The Bertz CT molecular complexity index is 510. The molecule has 15 heavy (non-hydrogen) atoms. The maximum atomic E-state index is 10.8. The second-order valence-electron chi connectivity index (χ2n) is 2.88. The average Bonchev–Trinajstić information content (AvgIpc) is 2.65. The van der Waals surface area contributed by atoms with Crippen molar-refractivity contribution in [3.63, 3.8) is 0 Å². The Kier molecular flexibility index (Phi) is 2.42. The molecule has 0 bridgehead atoms. The molecule has 2 rings (SSSR count). The second kappa shape index (κ2) is 3.74. The lowest BCUT2D eigenvalue weighted by molar-refractivity contribution is -0.384. The maximum absolute atomic E-state index is 10.8. The molecular weight excluding hydrogens is 214 g/mol. The molecule has 0 fully saturated rings.